The van der Waals surface area contributed by atoms with Gasteiger partial charge in [-0.3, -0.25) is 0 Å². The molecule has 0 bridgehead atoms. The van der Waals surface area contributed by atoms with Crippen molar-refractivity contribution < 1.29 is 0 Å². The fourth-order valence-electron chi connectivity index (χ4n) is 2.98. The van der Waals surface area contributed by atoms with Gasteiger partial charge in [0.2, 0.25) is 0 Å². The first-order chi connectivity index (χ1) is 11.2. The summed E-state index contributed by atoms with van der Waals surface area (Å²) in [5.74, 6) is 0. The largest absolute Gasteiger partial charge is 0.369 e. The number of hydrogen-bond donors (Lipinski definition) is 1. The second-order valence-corrected chi connectivity index (χ2v) is 6.97. The summed E-state index contributed by atoms with van der Waals surface area (Å²) >= 11 is 2.25. The van der Waals surface area contributed by atoms with Crippen molar-refractivity contribution in [2.24, 2.45) is 0 Å². The maximum Gasteiger partial charge on any atom is 0.142 e. The third-order valence-corrected chi connectivity index (χ3v) is 5.28. The van der Waals surface area contributed by atoms with E-state index in [9.17, 15) is 0 Å². The third-order valence-electron chi connectivity index (χ3n) is 4.42. The number of hydrogen-bond acceptors (Lipinski definition) is 4. The van der Waals surface area contributed by atoms with Gasteiger partial charge in [-0.15, -0.1) is 0 Å². The number of halogens is 1. The first-order valence-electron chi connectivity index (χ1n) is 7.74. The highest BCUT2D eigenvalue weighted by molar-refractivity contribution is 14.1. The number of likely N-dealkylation sites (N-methyl/N-ethyl adjacent to an activating group) is 1. The Morgan fingerprint density at radius 1 is 1.04 bits per heavy atom. The maximum absolute atomic E-state index is 4.30. The second kappa shape index (κ2) is 6.09. The lowest BCUT2D eigenvalue weighted by atomic mass is 10.1. The number of nitrogens with zero attached hydrogens (tertiary/aromatic N) is 4. The smallest absolute Gasteiger partial charge is 0.142 e. The number of benzene rings is 1. The summed E-state index contributed by atoms with van der Waals surface area (Å²) < 4.78 is 0.976. The topological polar surface area (TPSA) is 48.1 Å². The molecule has 1 aliphatic rings. The maximum atomic E-state index is 4.30. The van der Waals surface area contributed by atoms with Crippen molar-refractivity contribution in [2.75, 3.05) is 38.1 Å². The Morgan fingerprint density at radius 2 is 1.78 bits per heavy atom. The van der Waals surface area contributed by atoms with Crippen LogP contribution in [0.4, 0.5) is 5.69 Å². The molecule has 1 saturated heterocycles. The van der Waals surface area contributed by atoms with Crippen LogP contribution in [0.15, 0.2) is 36.7 Å². The van der Waals surface area contributed by atoms with E-state index < -0.39 is 0 Å². The SMILES string of the molecule is CN1CCN(c2ccc(-c3cc4c(I)ncnc4[nH]3)cc2)CC1. The van der Waals surface area contributed by atoms with Crippen LogP contribution in [0.3, 0.4) is 0 Å². The molecular weight excluding hydrogens is 401 g/mol. The Kier molecular flexibility index (Phi) is 3.94. The van der Waals surface area contributed by atoms with Gasteiger partial charge >= 0.3 is 0 Å². The van der Waals surface area contributed by atoms with Crippen molar-refractivity contribution >= 4 is 39.3 Å². The Balaban J connectivity index is 1.61. The van der Waals surface area contributed by atoms with E-state index >= 15 is 0 Å². The first-order valence-corrected chi connectivity index (χ1v) is 8.82. The van der Waals surface area contributed by atoms with Crippen molar-refractivity contribution in [2.45, 2.75) is 0 Å². The summed E-state index contributed by atoms with van der Waals surface area (Å²) in [6.07, 6.45) is 1.60. The van der Waals surface area contributed by atoms with E-state index in [1.54, 1.807) is 6.33 Å². The number of fused-ring (bicyclic) bond motifs is 1. The molecule has 6 heteroatoms. The normalized spacial score (nSPS) is 16.2. The van der Waals surface area contributed by atoms with Crippen LogP contribution in [-0.4, -0.2) is 53.1 Å². The highest BCUT2D eigenvalue weighted by Crippen LogP contribution is 2.27. The molecule has 1 aliphatic heterocycles. The molecular formula is C17H18IN5. The summed E-state index contributed by atoms with van der Waals surface area (Å²) in [5, 5.41) is 1.08. The molecule has 23 heavy (non-hydrogen) atoms. The van der Waals surface area contributed by atoms with Crippen molar-refractivity contribution in [3.05, 3.63) is 40.4 Å². The molecule has 3 heterocycles. The molecule has 0 radical (unpaired) electrons. The van der Waals surface area contributed by atoms with E-state index in [1.165, 1.54) is 11.3 Å². The van der Waals surface area contributed by atoms with Crippen LogP contribution in [0.5, 0.6) is 0 Å². The molecule has 0 aliphatic carbocycles. The van der Waals surface area contributed by atoms with E-state index in [0.29, 0.717) is 0 Å². The molecule has 2 aromatic heterocycles. The van der Waals surface area contributed by atoms with Crippen LogP contribution in [0.1, 0.15) is 0 Å². The van der Waals surface area contributed by atoms with Crippen molar-refractivity contribution in [1.82, 2.24) is 19.9 Å². The van der Waals surface area contributed by atoms with Gasteiger partial charge < -0.3 is 14.8 Å². The number of aromatic nitrogens is 3. The zero-order valence-electron chi connectivity index (χ0n) is 13.0. The van der Waals surface area contributed by atoms with Gasteiger partial charge in [-0.2, -0.15) is 0 Å². The van der Waals surface area contributed by atoms with E-state index in [1.807, 2.05) is 0 Å². The average molecular weight is 419 g/mol. The molecule has 0 amide bonds. The number of aromatic amines is 1. The number of piperazine rings is 1. The van der Waals surface area contributed by atoms with Crippen LogP contribution in [0.2, 0.25) is 0 Å². The van der Waals surface area contributed by atoms with Crippen LogP contribution < -0.4 is 4.90 Å². The van der Waals surface area contributed by atoms with Crippen LogP contribution >= 0.6 is 22.6 Å². The van der Waals surface area contributed by atoms with Gasteiger partial charge in [-0.05, 0) is 53.4 Å². The molecule has 0 saturated carbocycles. The Labute approximate surface area is 148 Å². The van der Waals surface area contributed by atoms with E-state index in [-0.39, 0.29) is 0 Å². The summed E-state index contributed by atoms with van der Waals surface area (Å²) in [6.45, 7) is 4.44. The summed E-state index contributed by atoms with van der Waals surface area (Å²) in [7, 11) is 2.18. The van der Waals surface area contributed by atoms with Crippen LogP contribution in [0, 0.1) is 3.70 Å². The molecule has 1 fully saturated rings. The fraction of sp³-hybridized carbons (Fsp3) is 0.294. The fourth-order valence-corrected chi connectivity index (χ4v) is 3.52. The average Bonchev–Trinajstić information content (AvgIpc) is 3.01. The molecule has 118 valence electrons. The minimum Gasteiger partial charge on any atom is -0.369 e. The standard InChI is InChI=1S/C17H18IN5/c1-22-6-8-23(9-7-22)13-4-2-12(3-5-13)15-10-14-16(18)19-11-20-17(14)21-15/h2-5,10-11H,6-9H2,1H3,(H,19,20,21). The Hall–Kier alpha value is -1.67. The number of rotatable bonds is 2. The van der Waals surface area contributed by atoms with Gasteiger partial charge in [0, 0.05) is 37.6 Å². The highest BCUT2D eigenvalue weighted by Gasteiger charge is 2.14. The highest BCUT2D eigenvalue weighted by atomic mass is 127. The van der Waals surface area contributed by atoms with Crippen molar-refractivity contribution in [3.8, 4) is 11.3 Å². The molecule has 4 rings (SSSR count). The molecule has 5 nitrogen and oxygen atoms in total. The Morgan fingerprint density at radius 3 is 2.48 bits per heavy atom. The minimum atomic E-state index is 0.891. The van der Waals surface area contributed by atoms with Gasteiger partial charge in [0.15, 0.2) is 0 Å². The van der Waals surface area contributed by atoms with Gasteiger partial charge in [0.25, 0.3) is 0 Å². The number of nitrogens with one attached hydrogen (secondary N) is 1. The minimum absolute atomic E-state index is 0.891. The predicted octanol–water partition coefficient (Wildman–Crippen LogP) is 2.98. The lowest BCUT2D eigenvalue weighted by Crippen LogP contribution is -2.44. The van der Waals surface area contributed by atoms with Crippen molar-refractivity contribution in [3.63, 3.8) is 0 Å². The van der Waals surface area contributed by atoms with Gasteiger partial charge in [0.05, 0.1) is 5.39 Å². The number of H-pyrrole nitrogens is 1. The van der Waals surface area contributed by atoms with Crippen LogP contribution in [0.25, 0.3) is 22.3 Å². The van der Waals surface area contributed by atoms with E-state index in [2.05, 4.69) is 84.7 Å². The van der Waals surface area contributed by atoms with Crippen molar-refractivity contribution in [1.29, 1.82) is 0 Å². The number of anilines is 1. The third kappa shape index (κ3) is 2.92. The zero-order valence-corrected chi connectivity index (χ0v) is 15.1. The zero-order chi connectivity index (χ0) is 15.8. The lowest BCUT2D eigenvalue weighted by molar-refractivity contribution is 0.313. The quantitative estimate of drug-likeness (QED) is 0.513. The molecule has 0 unspecified atom stereocenters. The monoisotopic (exact) mass is 419 g/mol. The van der Waals surface area contributed by atoms with Gasteiger partial charge in [0.1, 0.15) is 15.7 Å². The van der Waals surface area contributed by atoms with Gasteiger partial charge in [-0.1, -0.05) is 12.1 Å². The van der Waals surface area contributed by atoms with E-state index in [0.717, 1.165) is 46.6 Å². The Bertz CT molecular complexity index is 819. The molecule has 0 atom stereocenters. The van der Waals surface area contributed by atoms with Gasteiger partial charge in [-0.25, -0.2) is 9.97 Å². The second-order valence-electron chi connectivity index (χ2n) is 5.95. The van der Waals surface area contributed by atoms with E-state index in [4.69, 9.17) is 0 Å². The van der Waals surface area contributed by atoms with Crippen LogP contribution in [-0.2, 0) is 0 Å². The summed E-state index contributed by atoms with van der Waals surface area (Å²) in [4.78, 5) is 16.7. The molecule has 0 spiro atoms. The molecule has 1 N–H and O–H groups in total. The molecule has 1 aromatic carbocycles. The molecule has 3 aromatic rings. The predicted molar refractivity (Wildman–Crippen MR) is 102 cm³/mol. The summed E-state index contributed by atoms with van der Waals surface area (Å²) in [6, 6.07) is 10.9. The summed E-state index contributed by atoms with van der Waals surface area (Å²) in [5.41, 5.74) is 4.45. The first kappa shape index (κ1) is 14.9. The lowest BCUT2D eigenvalue weighted by Gasteiger charge is -2.34.